The Bertz CT molecular complexity index is 874. The smallest absolute Gasteiger partial charge is 0.305 e. The Labute approximate surface area is 291 Å². The third kappa shape index (κ3) is 22.8. The number of aliphatic hydroxyl groups excluding tert-OH is 4. The summed E-state index contributed by atoms with van der Waals surface area (Å²) in [6.07, 6.45) is 19.1. The number of hydrogen-bond acceptors (Lipinski definition) is 9. The van der Waals surface area contributed by atoms with Crippen molar-refractivity contribution in [2.24, 2.45) is 17.8 Å². The predicted octanol–water partition coefficient (Wildman–Crippen LogP) is 7.15. The Morgan fingerprint density at radius 1 is 0.688 bits per heavy atom. The van der Waals surface area contributed by atoms with E-state index in [1.54, 1.807) is 12.2 Å². The molecule has 0 aromatic rings. The van der Waals surface area contributed by atoms with E-state index in [1.165, 1.54) is 51.4 Å². The van der Waals surface area contributed by atoms with Crippen molar-refractivity contribution < 1.29 is 44.3 Å². The molecule has 0 bridgehead atoms. The summed E-state index contributed by atoms with van der Waals surface area (Å²) in [4.78, 5) is 36.7. The van der Waals surface area contributed by atoms with Crippen LogP contribution in [0.25, 0.3) is 0 Å². The summed E-state index contributed by atoms with van der Waals surface area (Å²) in [6, 6.07) is 0. The molecule has 0 amide bonds. The van der Waals surface area contributed by atoms with Crippen molar-refractivity contribution in [3.05, 3.63) is 12.2 Å². The van der Waals surface area contributed by atoms with E-state index in [4.69, 9.17) is 9.47 Å². The van der Waals surface area contributed by atoms with Gasteiger partial charge in [-0.1, -0.05) is 116 Å². The number of carbonyl (C=O) groups is 3. The van der Waals surface area contributed by atoms with Crippen LogP contribution in [-0.4, -0.2) is 75.8 Å². The molecule has 280 valence electrons. The summed E-state index contributed by atoms with van der Waals surface area (Å²) in [5, 5.41) is 41.1. The summed E-state index contributed by atoms with van der Waals surface area (Å²) in [7, 11) is 0. The minimum absolute atomic E-state index is 0.0427. The van der Waals surface area contributed by atoms with Gasteiger partial charge >= 0.3 is 11.9 Å². The number of unbranched alkanes of at least 4 members (excludes halogenated alkanes) is 12. The van der Waals surface area contributed by atoms with Crippen molar-refractivity contribution in [1.29, 1.82) is 0 Å². The van der Waals surface area contributed by atoms with Gasteiger partial charge in [0.05, 0.1) is 18.3 Å². The van der Waals surface area contributed by atoms with E-state index in [9.17, 15) is 34.8 Å². The zero-order chi connectivity index (χ0) is 35.6. The van der Waals surface area contributed by atoms with Gasteiger partial charge in [0, 0.05) is 43.9 Å². The molecule has 48 heavy (non-hydrogen) atoms. The van der Waals surface area contributed by atoms with E-state index in [1.807, 2.05) is 0 Å². The van der Waals surface area contributed by atoms with Crippen molar-refractivity contribution in [2.45, 2.75) is 186 Å². The van der Waals surface area contributed by atoms with E-state index in [0.29, 0.717) is 25.7 Å². The monoisotopic (exact) mass is 683 g/mol. The number of carbonyl (C=O) groups excluding carboxylic acids is 3. The Morgan fingerprint density at radius 3 is 1.75 bits per heavy atom. The van der Waals surface area contributed by atoms with Crippen molar-refractivity contribution in [2.75, 3.05) is 13.2 Å². The van der Waals surface area contributed by atoms with Gasteiger partial charge in [-0.15, -0.1) is 0 Å². The quantitative estimate of drug-likeness (QED) is 0.0352. The fourth-order valence-corrected chi connectivity index (χ4v) is 6.38. The molecule has 0 heterocycles. The molecular weight excluding hydrogens is 612 g/mol. The molecule has 6 atom stereocenters. The first-order valence-electron chi connectivity index (χ1n) is 19.3. The fraction of sp³-hybridized carbons (Fsp3) is 0.872. The largest absolute Gasteiger partial charge is 0.463 e. The van der Waals surface area contributed by atoms with E-state index >= 15 is 0 Å². The molecule has 9 heteroatoms. The maximum atomic E-state index is 12.6. The van der Waals surface area contributed by atoms with Crippen LogP contribution >= 0.6 is 0 Å². The average molecular weight is 683 g/mol. The van der Waals surface area contributed by atoms with Gasteiger partial charge < -0.3 is 29.9 Å². The van der Waals surface area contributed by atoms with Crippen LogP contribution < -0.4 is 0 Å². The zero-order valence-corrected chi connectivity index (χ0v) is 30.5. The Morgan fingerprint density at radius 2 is 1.19 bits per heavy atom. The van der Waals surface area contributed by atoms with E-state index < -0.39 is 36.3 Å². The Balaban J connectivity index is 2.09. The molecule has 0 radical (unpaired) electrons. The highest BCUT2D eigenvalue weighted by molar-refractivity contribution is 5.79. The third-order valence-corrected chi connectivity index (χ3v) is 9.41. The van der Waals surface area contributed by atoms with Gasteiger partial charge in [0.2, 0.25) is 0 Å². The van der Waals surface area contributed by atoms with Crippen LogP contribution in [0.4, 0.5) is 0 Å². The molecule has 9 nitrogen and oxygen atoms in total. The third-order valence-electron chi connectivity index (χ3n) is 9.41. The molecule has 1 saturated carbocycles. The Hall–Kier alpha value is -1.81. The molecule has 0 aliphatic heterocycles. The van der Waals surface area contributed by atoms with Gasteiger partial charge in [-0.2, -0.15) is 0 Å². The van der Waals surface area contributed by atoms with E-state index in [-0.39, 0.29) is 56.6 Å². The Kier molecular flexibility index (Phi) is 25.7. The molecule has 0 aromatic carbocycles. The standard InChI is InChI=1S/C39H70O9/c1-4-5-14-20-31(40)24-25-34-35(37(44)27-36(34)43)26-32(41)21-17-18-23-39(46)48-29-33(42)28-47-38(45)22-16-13-11-9-7-6-8-10-12-15-19-30(2)3/h24-25,30-31,33-37,40,42-44H,4-23,26-29H2,1-3H3/b25-24+/t31-,33+,34+,35+,36+,37-/m0/s1. The molecule has 4 N–H and O–H groups in total. The summed E-state index contributed by atoms with van der Waals surface area (Å²) < 4.78 is 10.2. The summed E-state index contributed by atoms with van der Waals surface area (Å²) >= 11 is 0. The lowest BCUT2D eigenvalue weighted by molar-refractivity contribution is -0.152. The minimum Gasteiger partial charge on any atom is -0.463 e. The van der Waals surface area contributed by atoms with Crippen molar-refractivity contribution in [3.63, 3.8) is 0 Å². The molecular formula is C39H70O9. The lowest BCUT2D eigenvalue weighted by Crippen LogP contribution is -2.25. The number of hydrogen-bond donors (Lipinski definition) is 4. The fourth-order valence-electron chi connectivity index (χ4n) is 6.38. The van der Waals surface area contributed by atoms with Crippen molar-refractivity contribution in [3.8, 4) is 0 Å². The summed E-state index contributed by atoms with van der Waals surface area (Å²) in [5.74, 6) is -0.868. The first-order valence-corrected chi connectivity index (χ1v) is 19.3. The highest BCUT2D eigenvalue weighted by Crippen LogP contribution is 2.36. The van der Waals surface area contributed by atoms with Gasteiger partial charge in [0.1, 0.15) is 25.1 Å². The second-order valence-corrected chi connectivity index (χ2v) is 14.5. The van der Waals surface area contributed by atoms with Crippen LogP contribution in [0.5, 0.6) is 0 Å². The number of ketones is 1. The lowest BCUT2D eigenvalue weighted by atomic mass is 9.87. The second-order valence-electron chi connectivity index (χ2n) is 14.5. The molecule has 0 spiro atoms. The van der Waals surface area contributed by atoms with Gasteiger partial charge in [0.15, 0.2) is 0 Å². The molecule has 1 rings (SSSR count). The lowest BCUT2D eigenvalue weighted by Gasteiger charge is -2.20. The maximum absolute atomic E-state index is 12.6. The summed E-state index contributed by atoms with van der Waals surface area (Å²) in [5.41, 5.74) is 0. The molecule has 0 unspecified atom stereocenters. The summed E-state index contributed by atoms with van der Waals surface area (Å²) in [6.45, 7) is 6.18. The first-order chi connectivity index (χ1) is 23.0. The minimum atomic E-state index is -1.09. The maximum Gasteiger partial charge on any atom is 0.305 e. The predicted molar refractivity (Wildman–Crippen MR) is 189 cm³/mol. The molecule has 1 fully saturated rings. The van der Waals surface area contributed by atoms with Crippen LogP contribution in [0, 0.1) is 17.8 Å². The number of ether oxygens (including phenoxy) is 2. The topological polar surface area (TPSA) is 151 Å². The van der Waals surface area contributed by atoms with E-state index in [2.05, 4.69) is 20.8 Å². The number of rotatable bonds is 30. The first kappa shape index (κ1) is 44.2. The van der Waals surface area contributed by atoms with Crippen LogP contribution in [0.15, 0.2) is 12.2 Å². The average Bonchev–Trinajstić information content (AvgIpc) is 3.31. The van der Waals surface area contributed by atoms with Crippen molar-refractivity contribution >= 4 is 17.7 Å². The molecule has 0 saturated heterocycles. The van der Waals surface area contributed by atoms with Crippen LogP contribution in [0.3, 0.4) is 0 Å². The van der Waals surface area contributed by atoms with Crippen LogP contribution in [0.2, 0.25) is 0 Å². The normalized spacial score (nSPS) is 20.8. The SMILES string of the molecule is CCCCC[C@H](O)/C=C/[C@@H]1[C@@H](CC(=O)CCCCC(=O)OC[C@H](O)COC(=O)CCCCCCCCCCCCC(C)C)[C@@H](O)C[C@H]1O. The van der Waals surface area contributed by atoms with Gasteiger partial charge in [0.25, 0.3) is 0 Å². The van der Waals surface area contributed by atoms with Gasteiger partial charge in [-0.25, -0.2) is 0 Å². The number of esters is 2. The van der Waals surface area contributed by atoms with Gasteiger partial charge in [-0.05, 0) is 31.6 Å². The highest BCUT2D eigenvalue weighted by atomic mass is 16.6. The van der Waals surface area contributed by atoms with Crippen LogP contribution in [0.1, 0.15) is 162 Å². The molecule has 1 aliphatic rings. The zero-order valence-electron chi connectivity index (χ0n) is 30.5. The highest BCUT2D eigenvalue weighted by Gasteiger charge is 2.41. The molecule has 0 aromatic heterocycles. The van der Waals surface area contributed by atoms with E-state index in [0.717, 1.165) is 44.4 Å². The molecule has 1 aliphatic carbocycles. The van der Waals surface area contributed by atoms with Gasteiger partial charge in [-0.3, -0.25) is 14.4 Å². The second kappa shape index (κ2) is 27.9. The number of Topliss-reactive ketones (excluding diaryl/α,β-unsaturated/α-hetero) is 1. The number of aliphatic hydroxyl groups is 4. The van der Waals surface area contributed by atoms with Crippen LogP contribution in [-0.2, 0) is 23.9 Å². The van der Waals surface area contributed by atoms with Crippen molar-refractivity contribution in [1.82, 2.24) is 0 Å².